The molecular weight excluding hydrogens is 286 g/mol. The van der Waals surface area contributed by atoms with Crippen molar-refractivity contribution in [1.82, 2.24) is 19.9 Å². The molecule has 0 radical (unpaired) electrons. The van der Waals surface area contributed by atoms with E-state index in [1.54, 1.807) is 18.5 Å². The van der Waals surface area contributed by atoms with Crippen LogP contribution in [0.25, 0.3) is 0 Å². The summed E-state index contributed by atoms with van der Waals surface area (Å²) in [4.78, 5) is 26.7. The standard InChI is InChI=1S/C14H17N5OS/c20-12(19-7-2-1-3-8-19)9-11-10-21-14(17-11)18-13-15-5-4-6-16-13/h4-6,10H,1-3,7-9H2,(H,15,16,17,18). The van der Waals surface area contributed by atoms with Crippen LogP contribution in [-0.2, 0) is 11.2 Å². The van der Waals surface area contributed by atoms with Gasteiger partial charge in [-0.15, -0.1) is 11.3 Å². The molecule has 1 N–H and O–H groups in total. The van der Waals surface area contributed by atoms with Gasteiger partial charge >= 0.3 is 0 Å². The van der Waals surface area contributed by atoms with Crippen molar-refractivity contribution >= 4 is 28.3 Å². The Labute approximate surface area is 127 Å². The molecule has 1 aliphatic heterocycles. The maximum Gasteiger partial charge on any atom is 0.228 e. The van der Waals surface area contributed by atoms with Gasteiger partial charge in [0.05, 0.1) is 12.1 Å². The van der Waals surface area contributed by atoms with E-state index < -0.39 is 0 Å². The topological polar surface area (TPSA) is 71.0 Å². The van der Waals surface area contributed by atoms with Crippen LogP contribution in [-0.4, -0.2) is 38.8 Å². The molecule has 3 heterocycles. The number of anilines is 2. The maximum atomic E-state index is 12.2. The third kappa shape index (κ3) is 3.75. The van der Waals surface area contributed by atoms with E-state index in [2.05, 4.69) is 20.3 Å². The van der Waals surface area contributed by atoms with Gasteiger partial charge in [-0.2, -0.15) is 0 Å². The number of nitrogens with zero attached hydrogens (tertiary/aromatic N) is 4. The zero-order valence-electron chi connectivity index (χ0n) is 11.7. The van der Waals surface area contributed by atoms with Crippen molar-refractivity contribution in [3.8, 4) is 0 Å². The first-order valence-electron chi connectivity index (χ1n) is 7.07. The van der Waals surface area contributed by atoms with Crippen molar-refractivity contribution in [3.05, 3.63) is 29.5 Å². The van der Waals surface area contributed by atoms with Gasteiger partial charge in [-0.05, 0) is 25.3 Å². The Kier molecular flexibility index (Phi) is 4.40. The van der Waals surface area contributed by atoms with Crippen LogP contribution in [0.5, 0.6) is 0 Å². The van der Waals surface area contributed by atoms with Crippen LogP contribution in [0.4, 0.5) is 11.1 Å². The van der Waals surface area contributed by atoms with Crippen molar-refractivity contribution in [2.24, 2.45) is 0 Å². The molecule has 0 bridgehead atoms. The molecule has 0 saturated carbocycles. The molecule has 0 spiro atoms. The minimum atomic E-state index is 0.169. The Morgan fingerprint density at radius 1 is 1.24 bits per heavy atom. The Morgan fingerprint density at radius 3 is 2.76 bits per heavy atom. The number of carbonyl (C=O) groups is 1. The van der Waals surface area contributed by atoms with Crippen LogP contribution in [0.3, 0.4) is 0 Å². The molecule has 0 atom stereocenters. The number of piperidine rings is 1. The largest absolute Gasteiger partial charge is 0.342 e. The first-order chi connectivity index (χ1) is 10.3. The first kappa shape index (κ1) is 13.9. The molecule has 2 aromatic rings. The number of rotatable bonds is 4. The van der Waals surface area contributed by atoms with E-state index in [4.69, 9.17) is 0 Å². The van der Waals surface area contributed by atoms with Gasteiger partial charge in [0.25, 0.3) is 0 Å². The SMILES string of the molecule is O=C(Cc1csc(Nc2ncccn2)n1)N1CCCCC1. The van der Waals surface area contributed by atoms with E-state index >= 15 is 0 Å². The van der Waals surface area contributed by atoms with Crippen LogP contribution in [0.1, 0.15) is 25.0 Å². The summed E-state index contributed by atoms with van der Waals surface area (Å²) in [7, 11) is 0. The van der Waals surface area contributed by atoms with Crippen molar-refractivity contribution in [2.45, 2.75) is 25.7 Å². The van der Waals surface area contributed by atoms with Crippen LogP contribution in [0, 0.1) is 0 Å². The second-order valence-electron chi connectivity index (χ2n) is 4.96. The molecule has 7 heteroatoms. The van der Waals surface area contributed by atoms with Gasteiger partial charge in [0.15, 0.2) is 5.13 Å². The van der Waals surface area contributed by atoms with Gasteiger partial charge in [0.2, 0.25) is 11.9 Å². The fraction of sp³-hybridized carbons (Fsp3) is 0.429. The average molecular weight is 303 g/mol. The van der Waals surface area contributed by atoms with Gasteiger partial charge in [0.1, 0.15) is 0 Å². The maximum absolute atomic E-state index is 12.2. The summed E-state index contributed by atoms with van der Waals surface area (Å²) in [5.74, 6) is 0.684. The summed E-state index contributed by atoms with van der Waals surface area (Å²) in [6, 6.07) is 1.76. The lowest BCUT2D eigenvalue weighted by Gasteiger charge is -2.26. The van der Waals surface area contributed by atoms with Crippen molar-refractivity contribution < 1.29 is 4.79 Å². The molecule has 0 aromatic carbocycles. The molecule has 21 heavy (non-hydrogen) atoms. The highest BCUT2D eigenvalue weighted by molar-refractivity contribution is 7.13. The van der Waals surface area contributed by atoms with Gasteiger partial charge in [-0.25, -0.2) is 15.0 Å². The molecule has 1 saturated heterocycles. The fourth-order valence-electron chi connectivity index (χ4n) is 2.31. The number of likely N-dealkylation sites (tertiary alicyclic amines) is 1. The number of carbonyl (C=O) groups excluding carboxylic acids is 1. The predicted molar refractivity (Wildman–Crippen MR) is 81.6 cm³/mol. The quantitative estimate of drug-likeness (QED) is 0.938. The molecular formula is C14H17N5OS. The zero-order chi connectivity index (χ0) is 14.5. The lowest BCUT2D eigenvalue weighted by atomic mass is 10.1. The number of nitrogens with one attached hydrogen (secondary N) is 1. The summed E-state index contributed by atoms with van der Waals surface area (Å²) < 4.78 is 0. The van der Waals surface area contributed by atoms with E-state index in [0.717, 1.165) is 31.6 Å². The number of amides is 1. The monoisotopic (exact) mass is 303 g/mol. The Balaban J connectivity index is 1.58. The molecule has 0 unspecified atom stereocenters. The number of hydrogen-bond donors (Lipinski definition) is 1. The van der Waals surface area contributed by atoms with Gasteiger partial charge in [0, 0.05) is 30.9 Å². The molecule has 1 aliphatic rings. The molecule has 1 fully saturated rings. The Morgan fingerprint density at radius 2 is 2.00 bits per heavy atom. The predicted octanol–water partition coefficient (Wildman–Crippen LogP) is 2.23. The molecule has 110 valence electrons. The second kappa shape index (κ2) is 6.62. The molecule has 1 amide bonds. The highest BCUT2D eigenvalue weighted by atomic mass is 32.1. The highest BCUT2D eigenvalue weighted by Crippen LogP contribution is 2.19. The molecule has 0 aliphatic carbocycles. The van der Waals surface area contributed by atoms with Gasteiger partial charge in [-0.1, -0.05) is 0 Å². The fourth-order valence-corrected chi connectivity index (χ4v) is 3.02. The smallest absolute Gasteiger partial charge is 0.228 e. The van der Waals surface area contributed by atoms with E-state index in [9.17, 15) is 4.79 Å². The highest BCUT2D eigenvalue weighted by Gasteiger charge is 2.17. The lowest BCUT2D eigenvalue weighted by molar-refractivity contribution is -0.131. The van der Waals surface area contributed by atoms with Gasteiger partial charge < -0.3 is 10.2 Å². The summed E-state index contributed by atoms with van der Waals surface area (Å²) in [5, 5.41) is 5.66. The van der Waals surface area contributed by atoms with Crippen LogP contribution < -0.4 is 5.32 Å². The first-order valence-corrected chi connectivity index (χ1v) is 7.95. The summed E-state index contributed by atoms with van der Waals surface area (Å²) in [5.41, 5.74) is 0.800. The zero-order valence-corrected chi connectivity index (χ0v) is 12.5. The third-order valence-corrected chi connectivity index (χ3v) is 4.18. The summed E-state index contributed by atoms with van der Waals surface area (Å²) in [6.07, 6.45) is 7.16. The van der Waals surface area contributed by atoms with Crippen LogP contribution in [0.2, 0.25) is 0 Å². The third-order valence-electron chi connectivity index (χ3n) is 3.38. The van der Waals surface area contributed by atoms with Crippen molar-refractivity contribution in [2.75, 3.05) is 18.4 Å². The van der Waals surface area contributed by atoms with Crippen LogP contribution in [0.15, 0.2) is 23.8 Å². The lowest BCUT2D eigenvalue weighted by Crippen LogP contribution is -2.36. The van der Waals surface area contributed by atoms with Gasteiger partial charge in [-0.3, -0.25) is 4.79 Å². The van der Waals surface area contributed by atoms with Crippen molar-refractivity contribution in [1.29, 1.82) is 0 Å². The second-order valence-corrected chi connectivity index (χ2v) is 5.82. The number of hydrogen-bond acceptors (Lipinski definition) is 6. The summed E-state index contributed by atoms with van der Waals surface area (Å²) >= 11 is 1.46. The van der Waals surface area contributed by atoms with E-state index in [1.807, 2.05) is 10.3 Å². The van der Waals surface area contributed by atoms with E-state index in [0.29, 0.717) is 17.5 Å². The van der Waals surface area contributed by atoms with Crippen LogP contribution >= 0.6 is 11.3 Å². The number of aromatic nitrogens is 3. The van der Waals surface area contributed by atoms with E-state index in [-0.39, 0.29) is 5.91 Å². The molecule has 3 rings (SSSR count). The minimum absolute atomic E-state index is 0.169. The average Bonchev–Trinajstić information content (AvgIpc) is 2.96. The Hall–Kier alpha value is -2.02. The van der Waals surface area contributed by atoms with Crippen molar-refractivity contribution in [3.63, 3.8) is 0 Å². The minimum Gasteiger partial charge on any atom is -0.342 e. The molecule has 6 nitrogen and oxygen atoms in total. The summed E-state index contributed by atoms with van der Waals surface area (Å²) in [6.45, 7) is 1.76. The normalized spacial score (nSPS) is 15.0. The van der Waals surface area contributed by atoms with E-state index in [1.165, 1.54) is 17.8 Å². The molecule has 2 aromatic heterocycles. The Bertz CT molecular complexity index is 594. The number of thiazole rings is 1.